The van der Waals surface area contributed by atoms with E-state index in [4.69, 9.17) is 4.74 Å². The van der Waals surface area contributed by atoms with Crippen LogP contribution in [0.4, 0.5) is 0 Å². The molecule has 1 heterocycles. The number of carbonyl (C=O) groups excluding carboxylic acids is 1. The summed E-state index contributed by atoms with van der Waals surface area (Å²) in [5.41, 5.74) is 2.21. The van der Waals surface area contributed by atoms with Crippen molar-refractivity contribution in [3.05, 3.63) is 48.0 Å². The van der Waals surface area contributed by atoms with E-state index in [1.54, 1.807) is 11.0 Å². The highest BCUT2D eigenvalue weighted by Gasteiger charge is 2.21. The molecule has 0 radical (unpaired) electrons. The molecule has 0 aliphatic heterocycles. The predicted molar refractivity (Wildman–Crippen MR) is 81.0 cm³/mol. The standard InChI is InChI=1S/C16H20N4O2/c21-16(10-22-9-15-5-6-15)18-7-13-1-3-14(4-2-13)8-20-12-17-11-19-20/h1-4,11-12,15H,5-10H2,(H,18,21). The van der Waals surface area contributed by atoms with Gasteiger partial charge in [-0.3, -0.25) is 4.79 Å². The first-order valence-electron chi connectivity index (χ1n) is 7.54. The third kappa shape index (κ3) is 4.66. The molecule has 6 nitrogen and oxygen atoms in total. The van der Waals surface area contributed by atoms with Crippen LogP contribution in [-0.4, -0.2) is 33.9 Å². The Morgan fingerprint density at radius 3 is 2.73 bits per heavy atom. The molecule has 1 aromatic heterocycles. The lowest BCUT2D eigenvalue weighted by Crippen LogP contribution is -2.27. The van der Waals surface area contributed by atoms with Gasteiger partial charge >= 0.3 is 0 Å². The second-order valence-electron chi connectivity index (χ2n) is 5.64. The van der Waals surface area contributed by atoms with Crippen molar-refractivity contribution in [2.75, 3.05) is 13.2 Å². The van der Waals surface area contributed by atoms with E-state index in [1.165, 1.54) is 19.2 Å². The molecule has 3 rings (SSSR count). The van der Waals surface area contributed by atoms with Gasteiger partial charge in [-0.05, 0) is 29.9 Å². The summed E-state index contributed by atoms with van der Waals surface area (Å²) in [7, 11) is 0. The molecule has 1 aliphatic rings. The fourth-order valence-corrected chi connectivity index (χ4v) is 2.12. The smallest absolute Gasteiger partial charge is 0.246 e. The molecule has 0 bridgehead atoms. The van der Waals surface area contributed by atoms with E-state index in [0.29, 0.717) is 25.6 Å². The van der Waals surface area contributed by atoms with Gasteiger partial charge in [-0.25, -0.2) is 9.67 Å². The maximum atomic E-state index is 11.6. The van der Waals surface area contributed by atoms with Crippen LogP contribution >= 0.6 is 0 Å². The van der Waals surface area contributed by atoms with Gasteiger partial charge in [-0.15, -0.1) is 0 Å². The highest BCUT2D eigenvalue weighted by atomic mass is 16.5. The highest BCUT2D eigenvalue weighted by Crippen LogP contribution is 2.28. The summed E-state index contributed by atoms with van der Waals surface area (Å²) >= 11 is 0. The van der Waals surface area contributed by atoms with E-state index >= 15 is 0 Å². The van der Waals surface area contributed by atoms with Gasteiger partial charge in [0.05, 0.1) is 13.2 Å². The molecule has 116 valence electrons. The average molecular weight is 300 g/mol. The second-order valence-corrected chi connectivity index (χ2v) is 5.64. The van der Waals surface area contributed by atoms with Crippen molar-refractivity contribution in [3.8, 4) is 0 Å². The van der Waals surface area contributed by atoms with E-state index in [-0.39, 0.29) is 12.5 Å². The normalized spacial score (nSPS) is 14.0. The van der Waals surface area contributed by atoms with Crippen LogP contribution in [0.2, 0.25) is 0 Å². The van der Waals surface area contributed by atoms with Gasteiger partial charge in [0, 0.05) is 6.54 Å². The summed E-state index contributed by atoms with van der Waals surface area (Å²) in [6.07, 6.45) is 5.69. The van der Waals surface area contributed by atoms with Crippen molar-refractivity contribution in [1.82, 2.24) is 20.1 Å². The maximum Gasteiger partial charge on any atom is 0.246 e. The molecule has 1 N–H and O–H groups in total. The number of hydrogen-bond acceptors (Lipinski definition) is 4. The Hall–Kier alpha value is -2.21. The largest absolute Gasteiger partial charge is 0.371 e. The molecule has 1 aromatic carbocycles. The third-order valence-electron chi connectivity index (χ3n) is 3.61. The molecular formula is C16H20N4O2. The Morgan fingerprint density at radius 2 is 2.05 bits per heavy atom. The van der Waals surface area contributed by atoms with Crippen LogP contribution in [0.1, 0.15) is 24.0 Å². The summed E-state index contributed by atoms with van der Waals surface area (Å²) in [5.74, 6) is 0.623. The molecule has 22 heavy (non-hydrogen) atoms. The number of benzene rings is 1. The molecule has 0 saturated heterocycles. The first-order valence-corrected chi connectivity index (χ1v) is 7.54. The van der Waals surface area contributed by atoms with Crippen molar-refractivity contribution >= 4 is 5.91 Å². The molecule has 0 atom stereocenters. The van der Waals surface area contributed by atoms with Crippen LogP contribution < -0.4 is 5.32 Å². The van der Waals surface area contributed by atoms with Crippen LogP contribution in [0, 0.1) is 5.92 Å². The average Bonchev–Trinajstić information content (AvgIpc) is 3.21. The number of amides is 1. The van der Waals surface area contributed by atoms with E-state index in [1.807, 2.05) is 24.3 Å². The molecule has 0 spiro atoms. The van der Waals surface area contributed by atoms with Gasteiger partial charge in [0.15, 0.2) is 0 Å². The Bertz CT molecular complexity index is 591. The zero-order chi connectivity index (χ0) is 15.2. The lowest BCUT2D eigenvalue weighted by molar-refractivity contribution is -0.126. The van der Waals surface area contributed by atoms with Crippen molar-refractivity contribution in [3.63, 3.8) is 0 Å². The minimum Gasteiger partial charge on any atom is -0.371 e. The lowest BCUT2D eigenvalue weighted by atomic mass is 10.1. The maximum absolute atomic E-state index is 11.6. The minimum atomic E-state index is -0.0626. The molecule has 1 fully saturated rings. The Morgan fingerprint density at radius 1 is 1.27 bits per heavy atom. The molecular weight excluding hydrogens is 280 g/mol. The number of rotatable bonds is 8. The Labute approximate surface area is 129 Å². The quantitative estimate of drug-likeness (QED) is 0.799. The Kier molecular flexibility index (Phi) is 4.80. The monoisotopic (exact) mass is 300 g/mol. The van der Waals surface area contributed by atoms with Crippen molar-refractivity contribution in [2.45, 2.75) is 25.9 Å². The minimum absolute atomic E-state index is 0.0626. The van der Waals surface area contributed by atoms with E-state index < -0.39 is 0 Å². The molecule has 1 aliphatic carbocycles. The van der Waals surface area contributed by atoms with Gasteiger partial charge in [0.1, 0.15) is 19.3 Å². The van der Waals surface area contributed by atoms with Gasteiger partial charge in [-0.2, -0.15) is 5.10 Å². The number of carbonyl (C=O) groups is 1. The van der Waals surface area contributed by atoms with Crippen LogP contribution in [0.15, 0.2) is 36.9 Å². The van der Waals surface area contributed by atoms with Crippen LogP contribution in [0.5, 0.6) is 0 Å². The molecule has 6 heteroatoms. The number of nitrogens with one attached hydrogen (secondary N) is 1. The van der Waals surface area contributed by atoms with E-state index in [2.05, 4.69) is 15.4 Å². The molecule has 0 unspecified atom stereocenters. The van der Waals surface area contributed by atoms with Crippen molar-refractivity contribution in [2.24, 2.45) is 5.92 Å². The Balaban J connectivity index is 1.39. The van der Waals surface area contributed by atoms with Gasteiger partial charge in [0.2, 0.25) is 5.91 Å². The highest BCUT2D eigenvalue weighted by molar-refractivity contribution is 5.77. The number of ether oxygens (including phenoxy) is 1. The molecule has 1 amide bonds. The fourth-order valence-electron chi connectivity index (χ4n) is 2.12. The molecule has 2 aromatic rings. The zero-order valence-electron chi connectivity index (χ0n) is 12.4. The number of nitrogens with zero attached hydrogens (tertiary/aromatic N) is 3. The molecule has 1 saturated carbocycles. The fraction of sp³-hybridized carbons (Fsp3) is 0.438. The van der Waals surface area contributed by atoms with Crippen LogP contribution in [0.3, 0.4) is 0 Å². The summed E-state index contributed by atoms with van der Waals surface area (Å²) in [4.78, 5) is 15.6. The predicted octanol–water partition coefficient (Wildman–Crippen LogP) is 1.37. The van der Waals surface area contributed by atoms with Gasteiger partial charge in [-0.1, -0.05) is 24.3 Å². The van der Waals surface area contributed by atoms with Crippen LogP contribution in [0.25, 0.3) is 0 Å². The summed E-state index contributed by atoms with van der Waals surface area (Å²) < 4.78 is 7.13. The third-order valence-corrected chi connectivity index (χ3v) is 3.61. The van der Waals surface area contributed by atoms with E-state index in [0.717, 1.165) is 11.1 Å². The summed E-state index contributed by atoms with van der Waals surface area (Å²) in [6.45, 7) is 2.09. The first kappa shape index (κ1) is 14.7. The number of hydrogen-bond donors (Lipinski definition) is 1. The first-order chi connectivity index (χ1) is 10.8. The SMILES string of the molecule is O=C(COCC1CC1)NCc1ccc(Cn2cncn2)cc1. The lowest BCUT2D eigenvalue weighted by Gasteiger charge is -2.07. The topological polar surface area (TPSA) is 69.0 Å². The zero-order valence-corrected chi connectivity index (χ0v) is 12.4. The van der Waals surface area contributed by atoms with Crippen molar-refractivity contribution < 1.29 is 9.53 Å². The second kappa shape index (κ2) is 7.17. The summed E-state index contributed by atoms with van der Waals surface area (Å²) in [5, 5.41) is 6.94. The van der Waals surface area contributed by atoms with Crippen molar-refractivity contribution in [1.29, 1.82) is 0 Å². The van der Waals surface area contributed by atoms with E-state index in [9.17, 15) is 4.79 Å². The number of aromatic nitrogens is 3. The van der Waals surface area contributed by atoms with Crippen LogP contribution in [-0.2, 0) is 22.6 Å². The van der Waals surface area contributed by atoms with Gasteiger partial charge < -0.3 is 10.1 Å². The summed E-state index contributed by atoms with van der Waals surface area (Å²) in [6, 6.07) is 8.09. The van der Waals surface area contributed by atoms with Gasteiger partial charge in [0.25, 0.3) is 0 Å².